The number of fused-ring (bicyclic) bond motifs is 1. The molecular formula is C23H24N6O3. The number of rotatable bonds is 8. The second kappa shape index (κ2) is 9.18. The SMILES string of the molecule is COCCOc1ccncc1Nc1nccc(-c2cc(C#N)c3c(c2)[C@@](C)(CO)CN3)n1. The van der Waals surface area contributed by atoms with Gasteiger partial charge in [-0.25, -0.2) is 9.97 Å². The molecule has 0 amide bonds. The lowest BCUT2D eigenvalue weighted by Crippen LogP contribution is -2.28. The van der Waals surface area contributed by atoms with Crippen LogP contribution in [0.15, 0.2) is 42.9 Å². The first-order valence-electron chi connectivity index (χ1n) is 10.2. The Bertz CT molecular complexity index is 1160. The third-order valence-corrected chi connectivity index (χ3v) is 5.44. The summed E-state index contributed by atoms with van der Waals surface area (Å²) in [5.74, 6) is 0.981. The van der Waals surface area contributed by atoms with E-state index in [1.165, 1.54) is 0 Å². The van der Waals surface area contributed by atoms with Gasteiger partial charge in [0.15, 0.2) is 0 Å². The molecule has 1 aliphatic heterocycles. The molecule has 9 heteroatoms. The summed E-state index contributed by atoms with van der Waals surface area (Å²) >= 11 is 0. The zero-order chi connectivity index (χ0) is 22.6. The third-order valence-electron chi connectivity index (χ3n) is 5.44. The van der Waals surface area contributed by atoms with E-state index in [0.717, 1.165) is 16.8 Å². The Kier molecular flexibility index (Phi) is 6.16. The average Bonchev–Trinajstić information content (AvgIpc) is 3.17. The minimum absolute atomic E-state index is 0.0231. The van der Waals surface area contributed by atoms with Crippen LogP contribution in [0.25, 0.3) is 11.3 Å². The highest BCUT2D eigenvalue weighted by Crippen LogP contribution is 2.41. The van der Waals surface area contributed by atoms with Gasteiger partial charge in [0.05, 0.1) is 36.4 Å². The molecule has 3 N–H and O–H groups in total. The van der Waals surface area contributed by atoms with Crippen LogP contribution in [-0.2, 0) is 10.2 Å². The summed E-state index contributed by atoms with van der Waals surface area (Å²) in [6.45, 7) is 3.39. The first-order chi connectivity index (χ1) is 15.6. The summed E-state index contributed by atoms with van der Waals surface area (Å²) in [5, 5.41) is 26.0. The number of hydrogen-bond acceptors (Lipinski definition) is 9. The minimum atomic E-state index is -0.463. The fraction of sp³-hybridized carbons (Fsp3) is 0.304. The molecule has 164 valence electrons. The number of nitriles is 1. The highest BCUT2D eigenvalue weighted by molar-refractivity contribution is 5.76. The molecule has 0 saturated heterocycles. The Balaban J connectivity index is 1.66. The summed E-state index contributed by atoms with van der Waals surface area (Å²) in [7, 11) is 1.62. The van der Waals surface area contributed by atoms with E-state index in [9.17, 15) is 10.4 Å². The molecule has 2 aromatic heterocycles. The highest BCUT2D eigenvalue weighted by atomic mass is 16.5. The second-order valence-corrected chi connectivity index (χ2v) is 7.73. The van der Waals surface area contributed by atoms with E-state index in [4.69, 9.17) is 9.47 Å². The van der Waals surface area contributed by atoms with Crippen molar-refractivity contribution in [3.63, 3.8) is 0 Å². The normalized spacial score (nSPS) is 16.7. The van der Waals surface area contributed by atoms with Crippen LogP contribution < -0.4 is 15.4 Å². The zero-order valence-electron chi connectivity index (χ0n) is 17.9. The smallest absolute Gasteiger partial charge is 0.227 e. The number of ether oxygens (including phenoxy) is 2. The maximum atomic E-state index is 9.92. The Hall–Kier alpha value is -3.74. The van der Waals surface area contributed by atoms with Gasteiger partial charge in [0, 0.05) is 43.1 Å². The summed E-state index contributed by atoms with van der Waals surface area (Å²) in [6.07, 6.45) is 4.93. The van der Waals surface area contributed by atoms with Crippen LogP contribution in [-0.4, -0.2) is 53.5 Å². The van der Waals surface area contributed by atoms with Crippen LogP contribution in [0.5, 0.6) is 5.75 Å². The van der Waals surface area contributed by atoms with Gasteiger partial charge in [-0.05, 0) is 23.8 Å². The van der Waals surface area contributed by atoms with Crippen molar-refractivity contribution >= 4 is 17.3 Å². The van der Waals surface area contributed by atoms with Gasteiger partial charge in [0.2, 0.25) is 5.95 Å². The van der Waals surface area contributed by atoms with E-state index in [2.05, 4.69) is 31.7 Å². The van der Waals surface area contributed by atoms with Crippen LogP contribution in [0, 0.1) is 11.3 Å². The monoisotopic (exact) mass is 432 g/mol. The van der Waals surface area contributed by atoms with Crippen molar-refractivity contribution in [1.29, 1.82) is 5.26 Å². The molecule has 32 heavy (non-hydrogen) atoms. The predicted molar refractivity (Wildman–Crippen MR) is 120 cm³/mol. The lowest BCUT2D eigenvalue weighted by molar-refractivity contribution is 0.146. The highest BCUT2D eigenvalue weighted by Gasteiger charge is 2.35. The van der Waals surface area contributed by atoms with Gasteiger partial charge in [-0.2, -0.15) is 5.26 Å². The van der Waals surface area contributed by atoms with Gasteiger partial charge in [-0.15, -0.1) is 0 Å². The van der Waals surface area contributed by atoms with E-state index >= 15 is 0 Å². The number of anilines is 3. The number of nitrogens with zero attached hydrogens (tertiary/aromatic N) is 4. The quantitative estimate of drug-likeness (QED) is 0.461. The lowest BCUT2D eigenvalue weighted by atomic mass is 9.83. The Morgan fingerprint density at radius 3 is 2.94 bits per heavy atom. The number of aliphatic hydroxyl groups is 1. The van der Waals surface area contributed by atoms with E-state index in [0.29, 0.717) is 48.4 Å². The van der Waals surface area contributed by atoms with Crippen LogP contribution in [0.2, 0.25) is 0 Å². The summed E-state index contributed by atoms with van der Waals surface area (Å²) in [5.41, 5.74) is 3.79. The van der Waals surface area contributed by atoms with Crippen molar-refractivity contribution in [2.24, 2.45) is 0 Å². The van der Waals surface area contributed by atoms with E-state index in [-0.39, 0.29) is 6.61 Å². The van der Waals surface area contributed by atoms with Gasteiger partial charge < -0.3 is 25.2 Å². The van der Waals surface area contributed by atoms with Gasteiger partial charge in [-0.1, -0.05) is 6.92 Å². The van der Waals surface area contributed by atoms with Crippen molar-refractivity contribution in [3.8, 4) is 23.1 Å². The number of aromatic nitrogens is 3. The molecule has 1 aliphatic rings. The topological polar surface area (TPSA) is 125 Å². The molecule has 0 unspecified atom stereocenters. The molecule has 9 nitrogen and oxygen atoms in total. The first-order valence-corrected chi connectivity index (χ1v) is 10.2. The Morgan fingerprint density at radius 1 is 1.28 bits per heavy atom. The maximum absolute atomic E-state index is 9.92. The fourth-order valence-electron chi connectivity index (χ4n) is 3.60. The average molecular weight is 432 g/mol. The molecule has 0 aliphatic carbocycles. The van der Waals surface area contributed by atoms with Gasteiger partial charge in [0.1, 0.15) is 24.1 Å². The van der Waals surface area contributed by atoms with Crippen molar-refractivity contribution in [3.05, 3.63) is 54.0 Å². The van der Waals surface area contributed by atoms with Crippen molar-refractivity contribution in [2.45, 2.75) is 12.3 Å². The molecule has 1 aromatic carbocycles. The Morgan fingerprint density at radius 2 is 2.16 bits per heavy atom. The van der Waals surface area contributed by atoms with Crippen molar-refractivity contribution in [1.82, 2.24) is 15.0 Å². The fourth-order valence-corrected chi connectivity index (χ4v) is 3.60. The largest absolute Gasteiger partial charge is 0.489 e. The molecule has 0 spiro atoms. The van der Waals surface area contributed by atoms with E-state index in [1.807, 2.05) is 13.0 Å². The number of nitrogens with one attached hydrogen (secondary N) is 2. The van der Waals surface area contributed by atoms with Crippen LogP contribution in [0.4, 0.5) is 17.3 Å². The second-order valence-electron chi connectivity index (χ2n) is 7.73. The number of methoxy groups -OCH3 is 1. The van der Waals surface area contributed by atoms with E-state index in [1.54, 1.807) is 43.9 Å². The number of aliphatic hydroxyl groups excluding tert-OH is 1. The molecule has 0 radical (unpaired) electrons. The minimum Gasteiger partial charge on any atom is -0.489 e. The summed E-state index contributed by atoms with van der Waals surface area (Å²) < 4.78 is 10.8. The number of benzene rings is 1. The van der Waals surface area contributed by atoms with Gasteiger partial charge >= 0.3 is 0 Å². The summed E-state index contributed by atoms with van der Waals surface area (Å²) in [6, 6.07) is 9.56. The number of pyridine rings is 1. The van der Waals surface area contributed by atoms with Crippen molar-refractivity contribution in [2.75, 3.05) is 44.1 Å². The molecule has 4 rings (SSSR count). The third kappa shape index (κ3) is 4.19. The van der Waals surface area contributed by atoms with Crippen molar-refractivity contribution < 1.29 is 14.6 Å². The molecular weight excluding hydrogens is 408 g/mol. The molecule has 3 heterocycles. The summed E-state index contributed by atoms with van der Waals surface area (Å²) in [4.78, 5) is 13.1. The first kappa shape index (κ1) is 21.5. The lowest BCUT2D eigenvalue weighted by Gasteiger charge is -2.21. The molecule has 0 saturated carbocycles. The maximum Gasteiger partial charge on any atom is 0.227 e. The molecule has 3 aromatic rings. The number of hydrogen-bond donors (Lipinski definition) is 3. The standard InChI is InChI=1S/C23H24N6O3/c1-23(14-30)13-27-21-16(11-24)9-15(10-17(21)23)18-3-6-26-22(28-18)29-19-12-25-5-4-20(19)32-8-7-31-2/h3-6,9-10,12,27,30H,7-8,13-14H2,1-2H3,(H,26,28,29)/t23-/m1/s1. The van der Waals surface area contributed by atoms with E-state index < -0.39 is 5.41 Å². The predicted octanol–water partition coefficient (Wildman–Crippen LogP) is 2.85. The molecule has 0 fully saturated rings. The van der Waals surface area contributed by atoms with Gasteiger partial charge in [0.25, 0.3) is 0 Å². The van der Waals surface area contributed by atoms with Crippen LogP contribution >= 0.6 is 0 Å². The Labute approximate surface area is 186 Å². The molecule has 0 bridgehead atoms. The zero-order valence-corrected chi connectivity index (χ0v) is 17.9. The van der Waals surface area contributed by atoms with Crippen LogP contribution in [0.1, 0.15) is 18.1 Å². The molecule has 1 atom stereocenters. The van der Waals surface area contributed by atoms with Gasteiger partial charge in [-0.3, -0.25) is 4.98 Å². The van der Waals surface area contributed by atoms with Crippen LogP contribution in [0.3, 0.4) is 0 Å².